The zero-order valence-electron chi connectivity index (χ0n) is 10.0. The highest BCUT2D eigenvalue weighted by atomic mass is 32.1. The number of nitrogens with zero attached hydrogens (tertiary/aromatic N) is 1. The van der Waals surface area contributed by atoms with E-state index in [2.05, 4.69) is 33.5 Å². The first-order valence-electron chi connectivity index (χ1n) is 6.09. The van der Waals surface area contributed by atoms with Crippen LogP contribution in [0.5, 0.6) is 0 Å². The lowest BCUT2D eigenvalue weighted by atomic mass is 10.1. The van der Waals surface area contributed by atoms with Crippen LogP contribution in [0.1, 0.15) is 11.4 Å². The van der Waals surface area contributed by atoms with Crippen LogP contribution >= 0.6 is 11.3 Å². The minimum absolute atomic E-state index is 0.724. The molecule has 0 aliphatic carbocycles. The van der Waals surface area contributed by atoms with Gasteiger partial charge in [-0.1, -0.05) is 18.2 Å². The predicted octanol–water partition coefficient (Wildman–Crippen LogP) is 3.18. The largest absolute Gasteiger partial charge is 0.360 e. The van der Waals surface area contributed by atoms with Gasteiger partial charge in [0, 0.05) is 34.5 Å². The molecule has 4 heteroatoms. The summed E-state index contributed by atoms with van der Waals surface area (Å²) in [6.45, 7) is 0.724. The summed E-state index contributed by atoms with van der Waals surface area (Å²) in [5.74, 6) is 0. The van der Waals surface area contributed by atoms with Crippen LogP contribution in [0.15, 0.2) is 35.8 Å². The summed E-state index contributed by atoms with van der Waals surface area (Å²) >= 11 is 1.72. The van der Waals surface area contributed by atoms with Crippen molar-refractivity contribution in [2.45, 2.75) is 12.8 Å². The van der Waals surface area contributed by atoms with E-state index in [1.807, 2.05) is 12.3 Å². The first kappa shape index (κ1) is 11.4. The van der Waals surface area contributed by atoms with Crippen molar-refractivity contribution in [3.05, 3.63) is 40.8 Å². The summed E-state index contributed by atoms with van der Waals surface area (Å²) in [6, 6.07) is 8.30. The quantitative estimate of drug-likeness (QED) is 0.754. The number of fused-ring (bicyclic) bond motifs is 1. The molecule has 0 fully saturated rings. The van der Waals surface area contributed by atoms with Gasteiger partial charge < -0.3 is 10.7 Å². The van der Waals surface area contributed by atoms with Gasteiger partial charge in [0.1, 0.15) is 0 Å². The number of aromatic amines is 1. The zero-order valence-corrected chi connectivity index (χ0v) is 10.8. The highest BCUT2D eigenvalue weighted by Gasteiger charge is 2.09. The van der Waals surface area contributed by atoms with Crippen LogP contribution < -0.4 is 5.73 Å². The van der Waals surface area contributed by atoms with Crippen LogP contribution in [0.4, 0.5) is 0 Å². The minimum Gasteiger partial charge on any atom is -0.360 e. The van der Waals surface area contributed by atoms with Gasteiger partial charge in [-0.3, -0.25) is 0 Å². The molecule has 0 radical (unpaired) electrons. The molecule has 0 saturated heterocycles. The van der Waals surface area contributed by atoms with Crippen molar-refractivity contribution in [3.63, 3.8) is 0 Å². The number of H-pyrrole nitrogens is 1. The van der Waals surface area contributed by atoms with E-state index in [0.29, 0.717) is 0 Å². The molecule has 18 heavy (non-hydrogen) atoms. The van der Waals surface area contributed by atoms with Gasteiger partial charge in [0.2, 0.25) is 0 Å². The van der Waals surface area contributed by atoms with E-state index in [4.69, 9.17) is 5.73 Å². The van der Waals surface area contributed by atoms with E-state index >= 15 is 0 Å². The highest BCUT2D eigenvalue weighted by Crippen LogP contribution is 2.29. The Morgan fingerprint density at radius 2 is 2.17 bits per heavy atom. The Balaban J connectivity index is 1.96. The van der Waals surface area contributed by atoms with Crippen molar-refractivity contribution in [3.8, 4) is 11.3 Å². The second kappa shape index (κ2) is 4.92. The Kier molecular flexibility index (Phi) is 3.13. The Labute approximate surface area is 110 Å². The van der Waals surface area contributed by atoms with Crippen LogP contribution in [0, 0.1) is 0 Å². The molecule has 0 aliphatic heterocycles. The lowest BCUT2D eigenvalue weighted by molar-refractivity contribution is 0.827. The van der Waals surface area contributed by atoms with Crippen LogP contribution in [-0.2, 0) is 6.42 Å². The lowest BCUT2D eigenvalue weighted by Gasteiger charge is -1.94. The van der Waals surface area contributed by atoms with E-state index in [1.54, 1.807) is 11.3 Å². The van der Waals surface area contributed by atoms with Crippen molar-refractivity contribution in [2.24, 2.45) is 5.73 Å². The van der Waals surface area contributed by atoms with Crippen LogP contribution in [-0.4, -0.2) is 16.5 Å². The third-order valence-corrected chi connectivity index (χ3v) is 3.92. The summed E-state index contributed by atoms with van der Waals surface area (Å²) in [5.41, 5.74) is 8.92. The number of nitrogens with two attached hydrogens (primary N) is 1. The van der Waals surface area contributed by atoms with E-state index < -0.39 is 0 Å². The maximum absolute atomic E-state index is 5.52. The number of hydrogen-bond donors (Lipinski definition) is 2. The summed E-state index contributed by atoms with van der Waals surface area (Å²) in [7, 11) is 0. The van der Waals surface area contributed by atoms with Crippen LogP contribution in [0.3, 0.4) is 0 Å². The van der Waals surface area contributed by atoms with Gasteiger partial charge in [0.25, 0.3) is 0 Å². The van der Waals surface area contributed by atoms with Crippen molar-refractivity contribution < 1.29 is 0 Å². The van der Waals surface area contributed by atoms with Gasteiger partial charge in [-0.2, -0.15) is 0 Å². The number of hydrogen-bond acceptors (Lipinski definition) is 3. The number of benzene rings is 1. The number of rotatable bonds is 4. The maximum Gasteiger partial charge on any atom is 0.0933 e. The molecule has 3 rings (SSSR count). The van der Waals surface area contributed by atoms with Gasteiger partial charge in [-0.15, -0.1) is 11.3 Å². The highest BCUT2D eigenvalue weighted by molar-refractivity contribution is 7.09. The summed E-state index contributed by atoms with van der Waals surface area (Å²) in [4.78, 5) is 7.97. The predicted molar refractivity (Wildman–Crippen MR) is 76.8 cm³/mol. The molecule has 2 heterocycles. The molecule has 2 aromatic heterocycles. The summed E-state index contributed by atoms with van der Waals surface area (Å²) < 4.78 is 0. The fourth-order valence-electron chi connectivity index (χ4n) is 2.09. The van der Waals surface area contributed by atoms with Gasteiger partial charge in [0.05, 0.1) is 10.7 Å². The van der Waals surface area contributed by atoms with E-state index in [0.717, 1.165) is 30.6 Å². The van der Waals surface area contributed by atoms with Gasteiger partial charge in [-0.25, -0.2) is 4.98 Å². The zero-order chi connectivity index (χ0) is 12.4. The standard InChI is InChI=1S/C14H15N3S/c15-7-3-6-14-17-13(9-18-14)11-8-16-12-5-2-1-4-10(11)12/h1-2,4-5,8-9,16H,3,6-7,15H2. The fraction of sp³-hybridized carbons (Fsp3) is 0.214. The number of aryl methyl sites for hydroxylation is 1. The van der Waals surface area contributed by atoms with Gasteiger partial charge >= 0.3 is 0 Å². The Morgan fingerprint density at radius 1 is 1.28 bits per heavy atom. The molecular weight excluding hydrogens is 242 g/mol. The van der Waals surface area contributed by atoms with Crippen molar-refractivity contribution in [2.75, 3.05) is 6.54 Å². The minimum atomic E-state index is 0.724. The molecule has 1 aromatic carbocycles. The number of nitrogens with one attached hydrogen (secondary N) is 1. The molecule has 0 saturated carbocycles. The molecule has 92 valence electrons. The molecule has 3 nitrogen and oxygen atoms in total. The summed E-state index contributed by atoms with van der Waals surface area (Å²) in [6.07, 6.45) is 4.01. The van der Waals surface area contributed by atoms with Crippen molar-refractivity contribution >= 4 is 22.2 Å². The molecule has 0 spiro atoms. The molecule has 3 aromatic rings. The molecule has 0 atom stereocenters. The lowest BCUT2D eigenvalue weighted by Crippen LogP contribution is -1.99. The first-order chi connectivity index (χ1) is 8.88. The van der Waals surface area contributed by atoms with Crippen molar-refractivity contribution in [1.29, 1.82) is 0 Å². The maximum atomic E-state index is 5.52. The van der Waals surface area contributed by atoms with Gasteiger partial charge in [-0.05, 0) is 19.0 Å². The number of thiazole rings is 1. The third kappa shape index (κ3) is 2.05. The average molecular weight is 257 g/mol. The normalized spacial score (nSPS) is 11.2. The average Bonchev–Trinajstić information content (AvgIpc) is 3.02. The van der Waals surface area contributed by atoms with Crippen molar-refractivity contribution in [1.82, 2.24) is 9.97 Å². The Hall–Kier alpha value is -1.65. The molecule has 0 unspecified atom stereocenters. The van der Waals surface area contributed by atoms with Gasteiger partial charge in [0.15, 0.2) is 0 Å². The second-order valence-electron chi connectivity index (χ2n) is 4.27. The Morgan fingerprint density at radius 3 is 3.06 bits per heavy atom. The second-order valence-corrected chi connectivity index (χ2v) is 5.21. The van der Waals surface area contributed by atoms with E-state index in [-0.39, 0.29) is 0 Å². The third-order valence-electron chi connectivity index (χ3n) is 3.01. The SMILES string of the molecule is NCCCc1nc(-c2c[nH]c3ccccc23)cs1. The van der Waals surface area contributed by atoms with Crippen LogP contribution in [0.25, 0.3) is 22.2 Å². The topological polar surface area (TPSA) is 54.7 Å². The summed E-state index contributed by atoms with van der Waals surface area (Å²) in [5, 5.41) is 4.52. The molecule has 3 N–H and O–H groups in total. The van der Waals surface area contributed by atoms with E-state index in [1.165, 1.54) is 16.0 Å². The van der Waals surface area contributed by atoms with Crippen LogP contribution in [0.2, 0.25) is 0 Å². The van der Waals surface area contributed by atoms with E-state index in [9.17, 15) is 0 Å². The smallest absolute Gasteiger partial charge is 0.0933 e. The molecular formula is C14H15N3S. The molecule has 0 amide bonds. The monoisotopic (exact) mass is 257 g/mol. The Bertz CT molecular complexity index is 654. The number of aromatic nitrogens is 2. The first-order valence-corrected chi connectivity index (χ1v) is 6.97. The molecule has 0 bridgehead atoms. The number of para-hydroxylation sites is 1. The molecule has 0 aliphatic rings. The fourth-order valence-corrected chi connectivity index (χ4v) is 2.93.